The van der Waals surface area contributed by atoms with E-state index in [2.05, 4.69) is 5.32 Å². The van der Waals surface area contributed by atoms with Crippen LogP contribution in [-0.4, -0.2) is 41.8 Å². The lowest BCUT2D eigenvalue weighted by atomic mass is 10.1. The topological polar surface area (TPSA) is 102 Å². The number of nitrogens with one attached hydrogen (secondary N) is 1. The highest BCUT2D eigenvalue weighted by atomic mass is 19.1. The number of imide groups is 1. The lowest BCUT2D eigenvalue weighted by molar-refractivity contribution is -0.129. The molecule has 0 radical (unpaired) electrons. The van der Waals surface area contributed by atoms with E-state index in [0.717, 1.165) is 4.90 Å². The molecular formula is C27H23FN2O6. The standard InChI is InChI=1S/C27H23FN2O6/c1-16(24(31)29-14-17-7-10-19(28)11-8-17)36-27(34)22-13-18(9-12-23(22)35-2)15-30-25(32)20-5-3-4-6-21(20)26(30)33/h3-13,16H,14-15H2,1-2H3,(H,29,31). The molecule has 9 heteroatoms. The number of hydrogen-bond acceptors (Lipinski definition) is 6. The summed E-state index contributed by atoms with van der Waals surface area (Å²) in [6, 6.07) is 16.8. The fourth-order valence-corrected chi connectivity index (χ4v) is 3.79. The van der Waals surface area contributed by atoms with Gasteiger partial charge in [-0.15, -0.1) is 0 Å². The van der Waals surface area contributed by atoms with Gasteiger partial charge in [-0.1, -0.05) is 30.3 Å². The van der Waals surface area contributed by atoms with Gasteiger partial charge in [0.2, 0.25) is 0 Å². The van der Waals surface area contributed by atoms with Crippen LogP contribution in [0.3, 0.4) is 0 Å². The third-order valence-electron chi connectivity index (χ3n) is 5.74. The maximum Gasteiger partial charge on any atom is 0.342 e. The number of carbonyl (C=O) groups excluding carboxylic acids is 4. The second-order valence-electron chi connectivity index (χ2n) is 8.17. The summed E-state index contributed by atoms with van der Waals surface area (Å²) in [5.74, 6) is -2.34. The third kappa shape index (κ3) is 5.10. The monoisotopic (exact) mass is 490 g/mol. The molecule has 1 N–H and O–H groups in total. The van der Waals surface area contributed by atoms with Gasteiger partial charge in [0.05, 0.1) is 24.8 Å². The first-order valence-electron chi connectivity index (χ1n) is 11.1. The second-order valence-corrected chi connectivity index (χ2v) is 8.17. The Morgan fingerprint density at radius 3 is 2.17 bits per heavy atom. The van der Waals surface area contributed by atoms with E-state index in [1.54, 1.807) is 30.3 Å². The zero-order valence-electron chi connectivity index (χ0n) is 19.6. The first-order chi connectivity index (χ1) is 17.3. The van der Waals surface area contributed by atoms with Gasteiger partial charge in [-0.25, -0.2) is 9.18 Å². The van der Waals surface area contributed by atoms with Gasteiger partial charge in [-0.3, -0.25) is 19.3 Å². The van der Waals surface area contributed by atoms with Crippen LogP contribution in [0.2, 0.25) is 0 Å². The Balaban J connectivity index is 1.43. The third-order valence-corrected chi connectivity index (χ3v) is 5.74. The van der Waals surface area contributed by atoms with Gasteiger partial charge in [-0.05, 0) is 54.4 Å². The summed E-state index contributed by atoms with van der Waals surface area (Å²) in [5.41, 5.74) is 1.90. The van der Waals surface area contributed by atoms with Crippen LogP contribution in [0.4, 0.5) is 4.39 Å². The van der Waals surface area contributed by atoms with Crippen LogP contribution >= 0.6 is 0 Å². The predicted molar refractivity (Wildman–Crippen MR) is 127 cm³/mol. The Morgan fingerprint density at radius 2 is 1.56 bits per heavy atom. The Kier molecular flexibility index (Phi) is 7.10. The molecule has 0 bridgehead atoms. The molecule has 0 spiro atoms. The molecule has 1 atom stereocenters. The number of rotatable bonds is 8. The molecule has 184 valence electrons. The highest BCUT2D eigenvalue weighted by Gasteiger charge is 2.35. The van der Waals surface area contributed by atoms with E-state index in [4.69, 9.17) is 9.47 Å². The number of benzene rings is 3. The van der Waals surface area contributed by atoms with Gasteiger partial charge in [0.25, 0.3) is 17.7 Å². The van der Waals surface area contributed by atoms with Crippen molar-refractivity contribution in [2.45, 2.75) is 26.1 Å². The van der Waals surface area contributed by atoms with E-state index in [0.29, 0.717) is 22.3 Å². The fourth-order valence-electron chi connectivity index (χ4n) is 3.79. The number of fused-ring (bicyclic) bond motifs is 1. The van der Waals surface area contributed by atoms with Crippen LogP contribution < -0.4 is 10.1 Å². The van der Waals surface area contributed by atoms with E-state index in [1.807, 2.05) is 0 Å². The Labute approximate surface area is 206 Å². The van der Waals surface area contributed by atoms with E-state index in [9.17, 15) is 23.6 Å². The Hall–Kier alpha value is -4.53. The van der Waals surface area contributed by atoms with Gasteiger partial charge in [0.15, 0.2) is 6.10 Å². The molecule has 4 rings (SSSR count). The van der Waals surface area contributed by atoms with Crippen molar-refractivity contribution in [2.24, 2.45) is 0 Å². The van der Waals surface area contributed by atoms with Gasteiger partial charge in [0, 0.05) is 6.54 Å². The van der Waals surface area contributed by atoms with Gasteiger partial charge < -0.3 is 14.8 Å². The summed E-state index contributed by atoms with van der Waals surface area (Å²) in [6.45, 7) is 1.51. The van der Waals surface area contributed by atoms with Crippen LogP contribution in [0.15, 0.2) is 66.7 Å². The number of amides is 3. The van der Waals surface area contributed by atoms with E-state index < -0.39 is 29.8 Å². The minimum Gasteiger partial charge on any atom is -0.496 e. The molecule has 0 saturated carbocycles. The number of methoxy groups -OCH3 is 1. The number of nitrogens with zero attached hydrogens (tertiary/aromatic N) is 1. The molecule has 1 heterocycles. The van der Waals surface area contributed by atoms with Crippen molar-refractivity contribution in [1.82, 2.24) is 10.2 Å². The first kappa shape index (κ1) is 24.6. The van der Waals surface area contributed by atoms with Crippen LogP contribution in [0.25, 0.3) is 0 Å². The SMILES string of the molecule is COc1ccc(CN2C(=O)c3ccccc3C2=O)cc1C(=O)OC(C)C(=O)NCc1ccc(F)cc1. The minimum absolute atomic E-state index is 0.0461. The average Bonchev–Trinajstić information content (AvgIpc) is 3.13. The number of carbonyl (C=O) groups is 4. The molecule has 0 aliphatic carbocycles. The van der Waals surface area contributed by atoms with Gasteiger partial charge in [-0.2, -0.15) is 0 Å². The van der Waals surface area contributed by atoms with Crippen molar-refractivity contribution >= 4 is 23.7 Å². The summed E-state index contributed by atoms with van der Waals surface area (Å²) in [4.78, 5) is 51.7. The zero-order valence-corrected chi connectivity index (χ0v) is 19.6. The molecule has 3 amide bonds. The lowest BCUT2D eigenvalue weighted by Gasteiger charge is -2.17. The van der Waals surface area contributed by atoms with Gasteiger partial charge >= 0.3 is 5.97 Å². The number of halogens is 1. The largest absolute Gasteiger partial charge is 0.496 e. The average molecular weight is 490 g/mol. The summed E-state index contributed by atoms with van der Waals surface area (Å²) in [5, 5.41) is 2.63. The molecule has 3 aromatic rings. The van der Waals surface area contributed by atoms with Crippen molar-refractivity contribution in [3.05, 3.63) is 100 Å². The Morgan fingerprint density at radius 1 is 0.944 bits per heavy atom. The van der Waals surface area contributed by atoms with Crippen molar-refractivity contribution < 1.29 is 33.0 Å². The van der Waals surface area contributed by atoms with Crippen LogP contribution in [0.5, 0.6) is 5.75 Å². The first-order valence-corrected chi connectivity index (χ1v) is 11.1. The van der Waals surface area contributed by atoms with Crippen LogP contribution in [0, 0.1) is 5.82 Å². The zero-order chi connectivity index (χ0) is 25.8. The molecule has 3 aromatic carbocycles. The quantitative estimate of drug-likeness (QED) is 0.383. The highest BCUT2D eigenvalue weighted by molar-refractivity contribution is 6.21. The molecule has 8 nitrogen and oxygen atoms in total. The van der Waals surface area contributed by atoms with Crippen molar-refractivity contribution in [1.29, 1.82) is 0 Å². The van der Waals surface area contributed by atoms with Crippen LogP contribution in [0.1, 0.15) is 49.1 Å². The molecule has 1 aliphatic rings. The van der Waals surface area contributed by atoms with E-state index in [-0.39, 0.29) is 30.2 Å². The number of ether oxygens (including phenoxy) is 2. The fraction of sp³-hybridized carbons (Fsp3) is 0.185. The highest BCUT2D eigenvalue weighted by Crippen LogP contribution is 2.27. The molecule has 0 fully saturated rings. The summed E-state index contributed by atoms with van der Waals surface area (Å²) >= 11 is 0. The molecule has 1 aliphatic heterocycles. The number of hydrogen-bond donors (Lipinski definition) is 1. The second kappa shape index (κ2) is 10.4. The summed E-state index contributed by atoms with van der Waals surface area (Å²) in [7, 11) is 1.38. The maximum absolute atomic E-state index is 13.0. The lowest BCUT2D eigenvalue weighted by Crippen LogP contribution is -2.35. The molecule has 1 unspecified atom stereocenters. The van der Waals surface area contributed by atoms with Crippen LogP contribution in [-0.2, 0) is 22.6 Å². The summed E-state index contributed by atoms with van der Waals surface area (Å²) < 4.78 is 23.6. The molecule has 0 saturated heterocycles. The number of esters is 1. The normalized spacial score (nSPS) is 13.2. The van der Waals surface area contributed by atoms with E-state index >= 15 is 0 Å². The van der Waals surface area contributed by atoms with Gasteiger partial charge in [0.1, 0.15) is 17.1 Å². The van der Waals surface area contributed by atoms with Crippen molar-refractivity contribution in [3.63, 3.8) is 0 Å². The maximum atomic E-state index is 13.0. The van der Waals surface area contributed by atoms with Crippen molar-refractivity contribution in [3.8, 4) is 5.75 Å². The molecular weight excluding hydrogens is 467 g/mol. The predicted octanol–water partition coefficient (Wildman–Crippen LogP) is 3.49. The molecule has 0 aromatic heterocycles. The van der Waals surface area contributed by atoms with Crippen molar-refractivity contribution in [2.75, 3.05) is 7.11 Å². The Bertz CT molecular complexity index is 1300. The smallest absolute Gasteiger partial charge is 0.342 e. The van der Waals surface area contributed by atoms with E-state index in [1.165, 1.54) is 50.4 Å². The summed E-state index contributed by atoms with van der Waals surface area (Å²) in [6.07, 6.45) is -1.12. The minimum atomic E-state index is -1.12. The molecule has 36 heavy (non-hydrogen) atoms.